The quantitative estimate of drug-likeness (QED) is 0.659. The van der Waals surface area contributed by atoms with Gasteiger partial charge in [-0.1, -0.05) is 24.3 Å². The van der Waals surface area contributed by atoms with Crippen molar-refractivity contribution in [2.45, 2.75) is 25.9 Å². The second kappa shape index (κ2) is 8.82. The Kier molecular flexibility index (Phi) is 6.00. The van der Waals surface area contributed by atoms with Gasteiger partial charge in [0, 0.05) is 12.2 Å². The molecule has 1 amide bonds. The minimum atomic E-state index is -0.00379. The molecular formula is C22H26N4OS. The predicted molar refractivity (Wildman–Crippen MR) is 116 cm³/mol. The van der Waals surface area contributed by atoms with Gasteiger partial charge in [0.25, 0.3) is 0 Å². The molecule has 4 rings (SSSR count). The lowest BCUT2D eigenvalue weighted by Gasteiger charge is -2.16. The normalized spacial score (nSPS) is 14.8. The standard InChI is InChI=1S/C22H26N4OS/c1-25(16-22-24-19-6-2-3-7-20(19)28-22)15-21(27)23-18-10-8-17(9-11-18)14-26-12-4-5-13-26/h2-3,6-11H,4-5,12-16H2,1H3,(H,23,27). The van der Waals surface area contributed by atoms with Crippen LogP contribution in [-0.4, -0.2) is 47.4 Å². The summed E-state index contributed by atoms with van der Waals surface area (Å²) in [7, 11) is 1.95. The highest BCUT2D eigenvalue weighted by Gasteiger charge is 2.13. The van der Waals surface area contributed by atoms with Crippen LogP contribution < -0.4 is 5.32 Å². The SMILES string of the molecule is CN(CC(=O)Nc1ccc(CN2CCCC2)cc1)Cc1nc2ccccc2s1. The highest BCUT2D eigenvalue weighted by atomic mass is 32.1. The Bertz CT molecular complexity index is 898. The Balaban J connectivity index is 1.27. The van der Waals surface area contributed by atoms with Gasteiger partial charge in [0.05, 0.1) is 23.3 Å². The molecule has 2 aromatic carbocycles. The Morgan fingerprint density at radius 3 is 2.64 bits per heavy atom. The van der Waals surface area contributed by atoms with E-state index in [4.69, 9.17) is 0 Å². The van der Waals surface area contributed by atoms with Crippen LogP contribution in [0.1, 0.15) is 23.4 Å². The zero-order valence-electron chi connectivity index (χ0n) is 16.2. The van der Waals surface area contributed by atoms with Crippen LogP contribution >= 0.6 is 11.3 Å². The van der Waals surface area contributed by atoms with Crippen molar-refractivity contribution in [2.24, 2.45) is 0 Å². The molecule has 2 heterocycles. The third-order valence-electron chi connectivity index (χ3n) is 5.00. The maximum Gasteiger partial charge on any atom is 0.238 e. The molecule has 0 atom stereocenters. The molecule has 3 aromatic rings. The number of carbonyl (C=O) groups excluding carboxylic acids is 1. The van der Waals surface area contributed by atoms with Gasteiger partial charge in [-0.15, -0.1) is 11.3 Å². The van der Waals surface area contributed by atoms with Crippen molar-refractivity contribution in [1.29, 1.82) is 0 Å². The number of fused-ring (bicyclic) bond motifs is 1. The molecule has 0 spiro atoms. The highest BCUT2D eigenvalue weighted by Crippen LogP contribution is 2.22. The Labute approximate surface area is 170 Å². The third kappa shape index (κ3) is 4.95. The highest BCUT2D eigenvalue weighted by molar-refractivity contribution is 7.18. The Morgan fingerprint density at radius 2 is 1.89 bits per heavy atom. The molecule has 1 aliphatic rings. The number of nitrogens with one attached hydrogen (secondary N) is 1. The first-order chi connectivity index (χ1) is 13.7. The summed E-state index contributed by atoms with van der Waals surface area (Å²) >= 11 is 1.68. The van der Waals surface area contributed by atoms with Crippen molar-refractivity contribution >= 4 is 33.1 Å². The first-order valence-electron chi connectivity index (χ1n) is 9.80. The van der Waals surface area contributed by atoms with Crippen molar-refractivity contribution < 1.29 is 4.79 Å². The number of likely N-dealkylation sites (N-methyl/N-ethyl adjacent to an activating group) is 1. The van der Waals surface area contributed by atoms with Gasteiger partial charge in [-0.05, 0) is 62.8 Å². The maximum atomic E-state index is 12.4. The topological polar surface area (TPSA) is 48.5 Å². The van der Waals surface area contributed by atoms with E-state index in [0.717, 1.165) is 22.8 Å². The van der Waals surface area contributed by atoms with Gasteiger partial charge in [0.15, 0.2) is 0 Å². The molecule has 0 bridgehead atoms. The number of carbonyl (C=O) groups is 1. The van der Waals surface area contributed by atoms with Gasteiger partial charge < -0.3 is 5.32 Å². The van der Waals surface area contributed by atoms with E-state index in [2.05, 4.69) is 33.4 Å². The number of thiazole rings is 1. The first-order valence-corrected chi connectivity index (χ1v) is 10.6. The molecule has 0 radical (unpaired) electrons. The Hall–Kier alpha value is -2.28. The average molecular weight is 395 g/mol. The summed E-state index contributed by atoms with van der Waals surface area (Å²) in [6.45, 7) is 4.39. The van der Waals surface area contributed by atoms with Gasteiger partial charge in [-0.25, -0.2) is 4.98 Å². The largest absolute Gasteiger partial charge is 0.325 e. The van der Waals surface area contributed by atoms with E-state index in [1.54, 1.807) is 11.3 Å². The van der Waals surface area contributed by atoms with E-state index in [1.165, 1.54) is 36.2 Å². The molecule has 146 valence electrons. The molecule has 5 nitrogen and oxygen atoms in total. The number of hydrogen-bond acceptors (Lipinski definition) is 5. The number of rotatable bonds is 7. The van der Waals surface area contributed by atoms with Gasteiger partial charge >= 0.3 is 0 Å². The number of anilines is 1. The second-order valence-corrected chi connectivity index (χ2v) is 8.59. The molecule has 1 fully saturated rings. The van der Waals surface area contributed by atoms with Crippen LogP contribution in [0.2, 0.25) is 0 Å². The molecule has 1 saturated heterocycles. The third-order valence-corrected chi connectivity index (χ3v) is 6.02. The van der Waals surface area contributed by atoms with Gasteiger partial charge in [-0.2, -0.15) is 0 Å². The maximum absolute atomic E-state index is 12.4. The smallest absolute Gasteiger partial charge is 0.238 e. The van der Waals surface area contributed by atoms with Crippen LogP contribution in [0.4, 0.5) is 5.69 Å². The summed E-state index contributed by atoms with van der Waals surface area (Å²) in [4.78, 5) is 21.5. The van der Waals surface area contributed by atoms with E-state index < -0.39 is 0 Å². The van der Waals surface area contributed by atoms with Crippen LogP contribution in [0.3, 0.4) is 0 Å². The number of nitrogens with zero attached hydrogens (tertiary/aromatic N) is 3. The van der Waals surface area contributed by atoms with Crippen molar-refractivity contribution in [3.05, 3.63) is 59.1 Å². The molecule has 1 aliphatic heterocycles. The van der Waals surface area contributed by atoms with Crippen LogP contribution in [0.15, 0.2) is 48.5 Å². The number of aromatic nitrogens is 1. The lowest BCUT2D eigenvalue weighted by molar-refractivity contribution is -0.117. The molecule has 0 saturated carbocycles. The summed E-state index contributed by atoms with van der Waals surface area (Å²) in [6.07, 6.45) is 2.61. The molecule has 1 N–H and O–H groups in total. The fourth-order valence-electron chi connectivity index (χ4n) is 3.61. The van der Waals surface area contributed by atoms with E-state index in [9.17, 15) is 4.79 Å². The zero-order chi connectivity index (χ0) is 19.3. The minimum Gasteiger partial charge on any atom is -0.325 e. The van der Waals surface area contributed by atoms with E-state index in [-0.39, 0.29) is 5.91 Å². The van der Waals surface area contributed by atoms with E-state index in [1.807, 2.05) is 42.3 Å². The molecule has 6 heteroatoms. The zero-order valence-corrected chi connectivity index (χ0v) is 17.0. The van der Waals surface area contributed by atoms with Crippen molar-refractivity contribution in [2.75, 3.05) is 32.0 Å². The fourth-order valence-corrected chi connectivity index (χ4v) is 4.66. The van der Waals surface area contributed by atoms with Crippen molar-refractivity contribution in [1.82, 2.24) is 14.8 Å². The number of hydrogen-bond donors (Lipinski definition) is 1. The second-order valence-electron chi connectivity index (χ2n) is 7.48. The van der Waals surface area contributed by atoms with Gasteiger partial charge in [0.2, 0.25) is 5.91 Å². The molecular weight excluding hydrogens is 368 g/mol. The average Bonchev–Trinajstić information content (AvgIpc) is 3.32. The number of amides is 1. The molecule has 0 aliphatic carbocycles. The Morgan fingerprint density at radius 1 is 1.14 bits per heavy atom. The van der Waals surface area contributed by atoms with Crippen molar-refractivity contribution in [3.63, 3.8) is 0 Å². The summed E-state index contributed by atoms with van der Waals surface area (Å²) in [6, 6.07) is 16.3. The minimum absolute atomic E-state index is 0.00379. The number of para-hydroxylation sites is 1. The lowest BCUT2D eigenvalue weighted by atomic mass is 10.2. The summed E-state index contributed by atoms with van der Waals surface area (Å²) in [5.41, 5.74) is 3.17. The predicted octanol–water partition coefficient (Wildman–Crippen LogP) is 3.96. The van der Waals surface area contributed by atoms with Crippen molar-refractivity contribution in [3.8, 4) is 0 Å². The van der Waals surface area contributed by atoms with Crippen LogP contribution in [0.5, 0.6) is 0 Å². The summed E-state index contributed by atoms with van der Waals surface area (Å²) in [5.74, 6) is -0.00379. The van der Waals surface area contributed by atoms with Crippen LogP contribution in [0, 0.1) is 0 Å². The number of benzene rings is 2. The summed E-state index contributed by atoms with van der Waals surface area (Å²) < 4.78 is 1.18. The van der Waals surface area contributed by atoms with Gasteiger partial charge in [-0.3, -0.25) is 14.6 Å². The first kappa shape index (κ1) is 19.1. The van der Waals surface area contributed by atoms with Crippen LogP contribution in [0.25, 0.3) is 10.2 Å². The molecule has 0 unspecified atom stereocenters. The number of likely N-dealkylation sites (tertiary alicyclic amines) is 1. The van der Waals surface area contributed by atoms with E-state index in [0.29, 0.717) is 13.1 Å². The molecule has 1 aromatic heterocycles. The van der Waals surface area contributed by atoms with E-state index >= 15 is 0 Å². The van der Waals surface area contributed by atoms with Gasteiger partial charge in [0.1, 0.15) is 5.01 Å². The fraction of sp³-hybridized carbons (Fsp3) is 0.364. The summed E-state index contributed by atoms with van der Waals surface area (Å²) in [5, 5.41) is 4.03. The monoisotopic (exact) mass is 394 g/mol. The van der Waals surface area contributed by atoms with Crippen LogP contribution in [-0.2, 0) is 17.9 Å². The molecule has 28 heavy (non-hydrogen) atoms. The lowest BCUT2D eigenvalue weighted by Crippen LogP contribution is -2.29.